The third-order valence-electron chi connectivity index (χ3n) is 3.94. The van der Waals surface area contributed by atoms with Crippen molar-refractivity contribution in [2.24, 2.45) is 0 Å². The highest BCUT2D eigenvalue weighted by Crippen LogP contribution is 2.08. The molecule has 0 bridgehead atoms. The largest absolute Gasteiger partial charge is 0.478 e. The van der Waals surface area contributed by atoms with E-state index in [-0.39, 0.29) is 42.5 Å². The third-order valence-corrected chi connectivity index (χ3v) is 5.55. The Balaban J connectivity index is 1.90. The number of carbonyl (C=O) groups excluding carboxylic acids is 2. The zero-order valence-electron chi connectivity index (χ0n) is 13.8. The van der Waals surface area contributed by atoms with Gasteiger partial charge >= 0.3 is 5.97 Å². The summed E-state index contributed by atoms with van der Waals surface area (Å²) in [6.45, 7) is 1.79. The molecule has 2 rings (SSSR count). The number of nitrogens with zero attached hydrogens (tertiary/aromatic N) is 1. The first-order valence-electron chi connectivity index (χ1n) is 7.79. The third kappa shape index (κ3) is 5.28. The number of sulfone groups is 1. The van der Waals surface area contributed by atoms with Crippen molar-refractivity contribution in [3.63, 3.8) is 0 Å². The summed E-state index contributed by atoms with van der Waals surface area (Å²) in [6.07, 6.45) is -0.0485. The Hall–Kier alpha value is -2.42. The molecule has 8 nitrogen and oxygen atoms in total. The van der Waals surface area contributed by atoms with Gasteiger partial charge in [0.05, 0.1) is 23.5 Å². The fourth-order valence-corrected chi connectivity index (χ4v) is 3.76. The van der Waals surface area contributed by atoms with Crippen LogP contribution >= 0.6 is 0 Å². The zero-order valence-corrected chi connectivity index (χ0v) is 14.6. The van der Waals surface area contributed by atoms with Gasteiger partial charge in [0.2, 0.25) is 11.8 Å². The highest BCUT2D eigenvalue weighted by molar-refractivity contribution is 7.91. The Labute approximate surface area is 145 Å². The average Bonchev–Trinajstić information content (AvgIpc) is 2.54. The molecule has 25 heavy (non-hydrogen) atoms. The first-order chi connectivity index (χ1) is 11.7. The number of rotatable bonds is 5. The lowest BCUT2D eigenvalue weighted by atomic mass is 10.1. The molecule has 9 heteroatoms. The van der Waals surface area contributed by atoms with Gasteiger partial charge in [-0.05, 0) is 24.6 Å². The minimum Gasteiger partial charge on any atom is -0.478 e. The summed E-state index contributed by atoms with van der Waals surface area (Å²) < 4.78 is 22.8. The minimum absolute atomic E-state index is 0.0485. The van der Waals surface area contributed by atoms with Crippen LogP contribution < -0.4 is 5.32 Å². The van der Waals surface area contributed by atoms with E-state index in [9.17, 15) is 22.8 Å². The fourth-order valence-electron chi connectivity index (χ4n) is 2.56. The van der Waals surface area contributed by atoms with Crippen molar-refractivity contribution >= 4 is 27.6 Å². The molecule has 0 aromatic heterocycles. The summed E-state index contributed by atoms with van der Waals surface area (Å²) >= 11 is 0. The van der Waals surface area contributed by atoms with E-state index >= 15 is 0 Å². The molecule has 0 radical (unpaired) electrons. The van der Waals surface area contributed by atoms with Crippen LogP contribution in [0.25, 0.3) is 0 Å². The first kappa shape index (κ1) is 18.9. The van der Waals surface area contributed by atoms with Gasteiger partial charge in [-0.1, -0.05) is 12.1 Å². The molecule has 2 N–H and O–H groups in total. The maximum Gasteiger partial charge on any atom is 0.335 e. The molecule has 0 saturated carbocycles. The number of hydrogen-bond donors (Lipinski definition) is 2. The molecular weight excluding hydrogens is 348 g/mol. The van der Waals surface area contributed by atoms with E-state index in [1.807, 2.05) is 0 Å². The van der Waals surface area contributed by atoms with Crippen molar-refractivity contribution < 1.29 is 27.9 Å². The first-order valence-corrected chi connectivity index (χ1v) is 9.61. The Kier molecular flexibility index (Phi) is 5.78. The lowest BCUT2D eigenvalue weighted by Gasteiger charge is -2.29. The van der Waals surface area contributed by atoms with Gasteiger partial charge in [0.15, 0.2) is 9.84 Å². The molecule has 0 spiro atoms. The van der Waals surface area contributed by atoms with Gasteiger partial charge in [-0.3, -0.25) is 9.59 Å². The van der Waals surface area contributed by atoms with Crippen LogP contribution in [0.3, 0.4) is 0 Å². The summed E-state index contributed by atoms with van der Waals surface area (Å²) in [5.74, 6) is -1.95. The van der Waals surface area contributed by atoms with Crippen LogP contribution in [0.15, 0.2) is 24.3 Å². The van der Waals surface area contributed by atoms with Gasteiger partial charge in [-0.2, -0.15) is 0 Å². The van der Waals surface area contributed by atoms with E-state index < -0.39 is 27.8 Å². The van der Waals surface area contributed by atoms with Crippen LogP contribution in [0.1, 0.15) is 22.8 Å². The van der Waals surface area contributed by atoms with Crippen LogP contribution in [-0.4, -0.2) is 66.8 Å². The van der Waals surface area contributed by atoms with Crippen molar-refractivity contribution in [1.82, 2.24) is 10.2 Å². The quantitative estimate of drug-likeness (QED) is 0.735. The van der Waals surface area contributed by atoms with E-state index in [0.29, 0.717) is 5.56 Å². The van der Waals surface area contributed by atoms with Crippen LogP contribution in [0, 0.1) is 0 Å². The summed E-state index contributed by atoms with van der Waals surface area (Å²) in [6, 6.07) is 5.24. The number of carboxylic acids is 1. The highest BCUT2D eigenvalue weighted by Gasteiger charge is 2.28. The van der Waals surface area contributed by atoms with Gasteiger partial charge in [0, 0.05) is 13.1 Å². The monoisotopic (exact) mass is 368 g/mol. The van der Waals surface area contributed by atoms with Crippen molar-refractivity contribution in [3.8, 4) is 0 Å². The Morgan fingerprint density at radius 2 is 1.88 bits per heavy atom. The van der Waals surface area contributed by atoms with Crippen molar-refractivity contribution in [2.45, 2.75) is 19.4 Å². The Morgan fingerprint density at radius 3 is 2.48 bits per heavy atom. The molecule has 1 aliphatic rings. The minimum atomic E-state index is -3.08. The molecule has 2 amide bonds. The molecule has 1 atom stereocenters. The van der Waals surface area contributed by atoms with Gasteiger partial charge < -0.3 is 15.3 Å². The molecule has 1 aromatic carbocycles. The van der Waals surface area contributed by atoms with E-state index in [2.05, 4.69) is 5.32 Å². The molecule has 1 heterocycles. The smallest absolute Gasteiger partial charge is 0.335 e. The van der Waals surface area contributed by atoms with Gasteiger partial charge in [0.25, 0.3) is 0 Å². The molecular formula is C16H20N2O6S. The molecule has 1 fully saturated rings. The van der Waals surface area contributed by atoms with E-state index in [1.165, 1.54) is 24.0 Å². The maximum absolute atomic E-state index is 12.3. The molecule has 1 aliphatic heterocycles. The lowest BCUT2D eigenvalue weighted by molar-refractivity contribution is -0.135. The standard InChI is InChI=1S/C16H20N2O6S/c1-11(15(20)18-5-7-25(23,24)8-6-18)17-14(19)10-12-3-2-4-13(9-12)16(21)22/h2-4,9,11H,5-8,10H2,1H3,(H,17,19)(H,21,22). The van der Waals surface area contributed by atoms with Crippen LogP contribution in [0.2, 0.25) is 0 Å². The number of amides is 2. The Morgan fingerprint density at radius 1 is 1.24 bits per heavy atom. The van der Waals surface area contributed by atoms with Gasteiger partial charge in [-0.25, -0.2) is 13.2 Å². The topological polar surface area (TPSA) is 121 Å². The summed E-state index contributed by atoms with van der Waals surface area (Å²) in [7, 11) is -3.08. The predicted molar refractivity (Wildman–Crippen MR) is 89.9 cm³/mol. The second kappa shape index (κ2) is 7.64. The molecule has 1 unspecified atom stereocenters. The normalized spacial score (nSPS) is 17.6. The summed E-state index contributed by atoms with van der Waals surface area (Å²) in [4.78, 5) is 36.7. The Bertz CT molecular complexity index is 776. The lowest BCUT2D eigenvalue weighted by Crippen LogP contribution is -2.51. The second-order valence-electron chi connectivity index (χ2n) is 5.95. The second-order valence-corrected chi connectivity index (χ2v) is 8.25. The van der Waals surface area contributed by atoms with Crippen LogP contribution in [0.5, 0.6) is 0 Å². The van der Waals surface area contributed by atoms with E-state index in [1.54, 1.807) is 12.1 Å². The van der Waals surface area contributed by atoms with Crippen LogP contribution in [0.4, 0.5) is 0 Å². The zero-order chi connectivity index (χ0) is 18.6. The molecule has 136 valence electrons. The van der Waals surface area contributed by atoms with E-state index in [0.717, 1.165) is 0 Å². The number of hydrogen-bond acceptors (Lipinski definition) is 5. The summed E-state index contributed by atoms with van der Waals surface area (Å²) in [5.41, 5.74) is 0.616. The van der Waals surface area contributed by atoms with Gasteiger partial charge in [0.1, 0.15) is 6.04 Å². The van der Waals surface area contributed by atoms with E-state index in [4.69, 9.17) is 5.11 Å². The van der Waals surface area contributed by atoms with Crippen molar-refractivity contribution in [1.29, 1.82) is 0 Å². The number of carboxylic acid groups (broad SMARTS) is 1. The number of aromatic carboxylic acids is 1. The maximum atomic E-state index is 12.3. The van der Waals surface area contributed by atoms with Crippen molar-refractivity contribution in [3.05, 3.63) is 35.4 Å². The SMILES string of the molecule is CC(NC(=O)Cc1cccc(C(=O)O)c1)C(=O)N1CCS(=O)(=O)CC1. The fraction of sp³-hybridized carbons (Fsp3) is 0.438. The van der Waals surface area contributed by atoms with Crippen molar-refractivity contribution in [2.75, 3.05) is 24.6 Å². The number of nitrogens with one attached hydrogen (secondary N) is 1. The molecule has 1 aromatic rings. The molecule has 0 aliphatic carbocycles. The number of carbonyl (C=O) groups is 3. The van der Waals surface area contributed by atoms with Crippen LogP contribution in [-0.2, 0) is 25.8 Å². The predicted octanol–water partition coefficient (Wildman–Crippen LogP) is -0.311. The average molecular weight is 368 g/mol. The highest BCUT2D eigenvalue weighted by atomic mass is 32.2. The number of benzene rings is 1. The van der Waals surface area contributed by atoms with Gasteiger partial charge in [-0.15, -0.1) is 0 Å². The molecule has 1 saturated heterocycles. The summed E-state index contributed by atoms with van der Waals surface area (Å²) in [5, 5.41) is 11.5.